The Morgan fingerprint density at radius 2 is 2.07 bits per heavy atom. The first-order chi connectivity index (χ1) is 14.0. The lowest BCUT2D eigenvalue weighted by Crippen LogP contribution is -2.40. The first-order valence-corrected chi connectivity index (χ1v) is 9.66. The average molecular weight is 397 g/mol. The lowest BCUT2D eigenvalue weighted by molar-refractivity contribution is -0.130. The highest BCUT2D eigenvalue weighted by Gasteiger charge is 2.22. The molecule has 1 fully saturated rings. The summed E-state index contributed by atoms with van der Waals surface area (Å²) < 4.78 is 5.16. The van der Waals surface area contributed by atoms with Crippen molar-refractivity contribution in [1.82, 2.24) is 9.88 Å². The van der Waals surface area contributed by atoms with Gasteiger partial charge in [0.25, 0.3) is 5.91 Å². The van der Waals surface area contributed by atoms with Crippen LogP contribution in [-0.2, 0) is 4.79 Å². The normalized spacial score (nSPS) is 16.2. The fourth-order valence-corrected chi connectivity index (χ4v) is 3.46. The Bertz CT molecular complexity index is 869. The number of aromatic nitrogens is 1. The number of nitrogens with zero attached hydrogens (tertiary/aromatic N) is 2. The average Bonchev–Trinajstić information content (AvgIpc) is 2.73. The highest BCUT2D eigenvalue weighted by Crippen LogP contribution is 2.24. The molecule has 0 radical (unpaired) electrons. The maximum atomic E-state index is 11.8. The Morgan fingerprint density at radius 1 is 1.31 bits per heavy atom. The van der Waals surface area contributed by atoms with Crippen LogP contribution in [0.25, 0.3) is 0 Å². The van der Waals surface area contributed by atoms with Crippen LogP contribution in [0.5, 0.6) is 5.75 Å². The van der Waals surface area contributed by atoms with Gasteiger partial charge in [-0.05, 0) is 43.0 Å². The number of likely N-dealkylation sites (tertiary alicyclic amines) is 1. The quantitative estimate of drug-likeness (QED) is 0.663. The van der Waals surface area contributed by atoms with Crippen LogP contribution in [0.1, 0.15) is 30.1 Å². The fourth-order valence-electron chi connectivity index (χ4n) is 3.46. The molecule has 0 bridgehead atoms. The highest BCUT2D eigenvalue weighted by molar-refractivity contribution is 5.98. The second-order valence-corrected chi connectivity index (χ2v) is 7.19. The van der Waals surface area contributed by atoms with Crippen molar-refractivity contribution in [2.45, 2.75) is 19.8 Å². The van der Waals surface area contributed by atoms with E-state index in [0.29, 0.717) is 29.5 Å². The molecule has 0 saturated carbocycles. The third-order valence-electron chi connectivity index (χ3n) is 5.08. The standard InChI is InChI=1S/C21H27N5O3/c1-14(27)26-9-3-4-15(13-26)11-23-19-10-20(24-12-18(19)21(22)28)25-16-5-7-17(29-2)8-6-16/h5-8,10,12,15H,3-4,9,11,13H2,1-2H3,(H2,22,28)(H2,23,24,25). The number of piperidine rings is 1. The molecule has 1 aliphatic rings. The van der Waals surface area contributed by atoms with Crippen LogP contribution in [-0.4, -0.2) is 48.4 Å². The lowest BCUT2D eigenvalue weighted by Gasteiger charge is -2.32. The van der Waals surface area contributed by atoms with Gasteiger partial charge in [0, 0.05) is 44.5 Å². The number of ether oxygens (including phenoxy) is 1. The number of primary amides is 1. The molecule has 154 valence electrons. The van der Waals surface area contributed by atoms with Crippen LogP contribution >= 0.6 is 0 Å². The number of carbonyl (C=O) groups excluding carboxylic acids is 2. The van der Waals surface area contributed by atoms with Gasteiger partial charge in [-0.3, -0.25) is 9.59 Å². The van der Waals surface area contributed by atoms with Gasteiger partial charge in [-0.25, -0.2) is 4.98 Å². The molecular formula is C21H27N5O3. The number of rotatable bonds is 7. The minimum Gasteiger partial charge on any atom is -0.497 e. The first-order valence-electron chi connectivity index (χ1n) is 9.66. The maximum Gasteiger partial charge on any atom is 0.252 e. The Balaban J connectivity index is 1.71. The van der Waals surface area contributed by atoms with Gasteiger partial charge in [-0.2, -0.15) is 0 Å². The summed E-state index contributed by atoms with van der Waals surface area (Å²) in [4.78, 5) is 29.6. The molecule has 1 atom stereocenters. The van der Waals surface area contributed by atoms with Crippen LogP contribution in [0.3, 0.4) is 0 Å². The van der Waals surface area contributed by atoms with E-state index in [-0.39, 0.29) is 5.91 Å². The molecule has 2 heterocycles. The van der Waals surface area contributed by atoms with Crippen molar-refractivity contribution in [1.29, 1.82) is 0 Å². The summed E-state index contributed by atoms with van der Waals surface area (Å²) in [6.07, 6.45) is 3.49. The van der Waals surface area contributed by atoms with Gasteiger partial charge in [-0.15, -0.1) is 0 Å². The molecule has 0 spiro atoms. The van der Waals surface area contributed by atoms with Gasteiger partial charge >= 0.3 is 0 Å². The van der Waals surface area contributed by atoms with Crippen LogP contribution in [0.4, 0.5) is 17.2 Å². The number of benzene rings is 1. The van der Waals surface area contributed by atoms with Crippen molar-refractivity contribution in [2.24, 2.45) is 11.7 Å². The van der Waals surface area contributed by atoms with Gasteiger partial charge < -0.3 is 26.0 Å². The topological polar surface area (TPSA) is 110 Å². The van der Waals surface area contributed by atoms with Crippen molar-refractivity contribution < 1.29 is 14.3 Å². The second kappa shape index (κ2) is 9.27. The first kappa shape index (κ1) is 20.4. The monoisotopic (exact) mass is 397 g/mol. The van der Waals surface area contributed by atoms with E-state index in [1.807, 2.05) is 29.2 Å². The smallest absolute Gasteiger partial charge is 0.252 e. The minimum absolute atomic E-state index is 0.0995. The number of nitrogens with two attached hydrogens (primary N) is 1. The molecule has 8 heteroatoms. The predicted molar refractivity (Wildman–Crippen MR) is 112 cm³/mol. The van der Waals surface area contributed by atoms with Crippen molar-refractivity contribution >= 4 is 29.0 Å². The van der Waals surface area contributed by atoms with Gasteiger partial charge in [0.1, 0.15) is 11.6 Å². The summed E-state index contributed by atoms with van der Waals surface area (Å²) in [6.45, 7) is 3.77. The third kappa shape index (κ3) is 5.37. The number of nitrogens with one attached hydrogen (secondary N) is 2. The van der Waals surface area contributed by atoms with Gasteiger partial charge in [0.2, 0.25) is 5.91 Å². The van der Waals surface area contributed by atoms with E-state index in [0.717, 1.165) is 37.4 Å². The Hall–Kier alpha value is -3.29. The lowest BCUT2D eigenvalue weighted by atomic mass is 9.97. The molecule has 1 aromatic heterocycles. The summed E-state index contributed by atoms with van der Waals surface area (Å²) >= 11 is 0. The van der Waals surface area contributed by atoms with Crippen LogP contribution in [0.2, 0.25) is 0 Å². The number of amides is 2. The third-order valence-corrected chi connectivity index (χ3v) is 5.08. The van der Waals surface area contributed by atoms with E-state index in [1.165, 1.54) is 6.20 Å². The van der Waals surface area contributed by atoms with Crippen LogP contribution < -0.4 is 21.1 Å². The highest BCUT2D eigenvalue weighted by atomic mass is 16.5. The molecule has 1 aliphatic heterocycles. The Kier molecular flexibility index (Phi) is 6.54. The molecule has 0 aliphatic carbocycles. The number of pyridine rings is 1. The number of hydrogen-bond donors (Lipinski definition) is 3. The van der Waals surface area contributed by atoms with E-state index in [2.05, 4.69) is 15.6 Å². The summed E-state index contributed by atoms with van der Waals surface area (Å²) in [5, 5.41) is 6.54. The van der Waals surface area contributed by atoms with Crippen LogP contribution in [0.15, 0.2) is 36.5 Å². The number of anilines is 3. The molecule has 1 unspecified atom stereocenters. The summed E-state index contributed by atoms with van der Waals surface area (Å²) in [5.74, 6) is 1.24. The van der Waals surface area contributed by atoms with Gasteiger partial charge in [-0.1, -0.05) is 0 Å². The van der Waals surface area contributed by atoms with E-state index in [4.69, 9.17) is 10.5 Å². The molecule has 2 aromatic rings. The van der Waals surface area contributed by atoms with Crippen molar-refractivity contribution in [3.05, 3.63) is 42.1 Å². The van der Waals surface area contributed by atoms with E-state index in [9.17, 15) is 9.59 Å². The van der Waals surface area contributed by atoms with E-state index >= 15 is 0 Å². The largest absolute Gasteiger partial charge is 0.497 e. The molecule has 2 amide bonds. The van der Waals surface area contributed by atoms with E-state index in [1.54, 1.807) is 20.1 Å². The Morgan fingerprint density at radius 3 is 2.72 bits per heavy atom. The summed E-state index contributed by atoms with van der Waals surface area (Å²) in [7, 11) is 1.62. The predicted octanol–water partition coefficient (Wildman–Crippen LogP) is 2.60. The van der Waals surface area contributed by atoms with Crippen molar-refractivity contribution in [3.63, 3.8) is 0 Å². The molecule has 29 heavy (non-hydrogen) atoms. The van der Waals surface area contributed by atoms with Gasteiger partial charge in [0.05, 0.1) is 18.4 Å². The minimum atomic E-state index is -0.537. The zero-order valence-corrected chi connectivity index (χ0v) is 16.8. The number of carbonyl (C=O) groups is 2. The van der Waals surface area contributed by atoms with Crippen molar-refractivity contribution in [2.75, 3.05) is 37.4 Å². The number of hydrogen-bond acceptors (Lipinski definition) is 6. The fraction of sp³-hybridized carbons (Fsp3) is 0.381. The van der Waals surface area contributed by atoms with Gasteiger partial charge in [0.15, 0.2) is 0 Å². The summed E-state index contributed by atoms with van der Waals surface area (Å²) in [6, 6.07) is 9.24. The second-order valence-electron chi connectivity index (χ2n) is 7.19. The molecular weight excluding hydrogens is 370 g/mol. The molecule has 1 aromatic carbocycles. The Labute approximate surface area is 170 Å². The zero-order valence-electron chi connectivity index (χ0n) is 16.8. The maximum absolute atomic E-state index is 11.8. The SMILES string of the molecule is COc1ccc(Nc2cc(NCC3CCCN(C(C)=O)C3)c(C(N)=O)cn2)cc1. The van der Waals surface area contributed by atoms with Crippen molar-refractivity contribution in [3.8, 4) is 5.75 Å². The van der Waals surface area contributed by atoms with Crippen LogP contribution in [0, 0.1) is 5.92 Å². The molecule has 3 rings (SSSR count). The van der Waals surface area contributed by atoms with E-state index < -0.39 is 5.91 Å². The molecule has 4 N–H and O–H groups in total. The zero-order chi connectivity index (χ0) is 20.8. The summed E-state index contributed by atoms with van der Waals surface area (Å²) in [5.41, 5.74) is 7.33. The molecule has 8 nitrogen and oxygen atoms in total. The molecule has 1 saturated heterocycles. The number of methoxy groups -OCH3 is 1.